The Labute approximate surface area is 118 Å². The minimum absolute atomic E-state index is 0.267. The van der Waals surface area contributed by atoms with Gasteiger partial charge in [-0.1, -0.05) is 37.8 Å². The third kappa shape index (κ3) is 4.63. The number of ether oxygens (including phenoxy) is 2. The van der Waals surface area contributed by atoms with Gasteiger partial charge in [0.25, 0.3) is 0 Å². The third-order valence-electron chi connectivity index (χ3n) is 2.72. The maximum absolute atomic E-state index is 11.7. The number of hydrogen-bond donors (Lipinski definition) is 1. The number of nitrogen functional groups attached to an aromatic ring is 1. The highest BCUT2D eigenvalue weighted by Crippen LogP contribution is 2.32. The molecule has 0 aliphatic carbocycles. The van der Waals surface area contributed by atoms with Crippen molar-refractivity contribution in [3.05, 3.63) is 22.7 Å². The highest BCUT2D eigenvalue weighted by Gasteiger charge is 2.17. The summed E-state index contributed by atoms with van der Waals surface area (Å²) in [6.45, 7) is 2.67. The van der Waals surface area contributed by atoms with Gasteiger partial charge in [-0.15, -0.1) is 0 Å². The van der Waals surface area contributed by atoms with E-state index in [4.69, 9.17) is 26.8 Å². The van der Waals surface area contributed by atoms with Gasteiger partial charge in [-0.2, -0.15) is 0 Å². The first-order valence-electron chi connectivity index (χ1n) is 6.40. The Morgan fingerprint density at radius 2 is 2.05 bits per heavy atom. The fraction of sp³-hybridized carbons (Fsp3) is 0.500. The van der Waals surface area contributed by atoms with E-state index in [1.807, 2.05) is 0 Å². The van der Waals surface area contributed by atoms with Crippen LogP contribution in [0.2, 0.25) is 5.02 Å². The van der Waals surface area contributed by atoms with E-state index in [-0.39, 0.29) is 5.56 Å². The Balaban J connectivity index is 2.77. The summed E-state index contributed by atoms with van der Waals surface area (Å²) >= 11 is 6.06. The van der Waals surface area contributed by atoms with Crippen LogP contribution in [0.4, 0.5) is 5.69 Å². The number of unbranched alkanes of at least 4 members (excludes halogenated alkanes) is 3. The van der Waals surface area contributed by atoms with Gasteiger partial charge in [-0.3, -0.25) is 0 Å². The number of carbonyl (C=O) groups excluding carboxylic acids is 1. The summed E-state index contributed by atoms with van der Waals surface area (Å²) in [5.41, 5.74) is 6.34. The van der Waals surface area contributed by atoms with Crippen molar-refractivity contribution in [2.45, 2.75) is 32.6 Å². The highest BCUT2D eigenvalue weighted by atomic mass is 35.5. The summed E-state index contributed by atoms with van der Waals surface area (Å²) in [7, 11) is 1.31. The number of rotatable bonds is 7. The molecule has 4 nitrogen and oxygen atoms in total. The Kier molecular flexibility index (Phi) is 6.50. The van der Waals surface area contributed by atoms with E-state index in [1.165, 1.54) is 19.6 Å². The van der Waals surface area contributed by atoms with Crippen LogP contribution in [0.15, 0.2) is 12.1 Å². The number of nitrogens with two attached hydrogens (primary N) is 1. The van der Waals surface area contributed by atoms with Crippen molar-refractivity contribution in [2.75, 3.05) is 19.5 Å². The lowest BCUT2D eigenvalue weighted by molar-refractivity contribution is 0.0596. The largest absolute Gasteiger partial charge is 0.491 e. The van der Waals surface area contributed by atoms with Gasteiger partial charge in [0.05, 0.1) is 18.7 Å². The maximum atomic E-state index is 11.7. The van der Waals surface area contributed by atoms with E-state index in [0.717, 1.165) is 19.3 Å². The van der Waals surface area contributed by atoms with Crippen molar-refractivity contribution < 1.29 is 14.3 Å². The molecule has 0 fully saturated rings. The van der Waals surface area contributed by atoms with E-state index >= 15 is 0 Å². The standard InChI is InChI=1S/C14H20ClNO3/c1-3-4-5-6-7-19-13-11(14(17)18-2)8-10(16)9-12(13)15/h8-9H,3-7,16H2,1-2H3. The fourth-order valence-electron chi connectivity index (χ4n) is 1.73. The smallest absolute Gasteiger partial charge is 0.341 e. The molecule has 0 saturated heterocycles. The van der Waals surface area contributed by atoms with Gasteiger partial charge in [0.2, 0.25) is 0 Å². The molecule has 0 atom stereocenters. The van der Waals surface area contributed by atoms with Crippen LogP contribution in [0.1, 0.15) is 43.0 Å². The molecule has 1 aromatic rings. The Bertz CT molecular complexity index is 435. The molecule has 0 amide bonds. The van der Waals surface area contributed by atoms with Gasteiger partial charge in [-0.05, 0) is 18.6 Å². The lowest BCUT2D eigenvalue weighted by Gasteiger charge is -2.12. The zero-order chi connectivity index (χ0) is 14.3. The second-order valence-corrected chi connectivity index (χ2v) is 4.69. The molecule has 0 aromatic heterocycles. The molecule has 1 rings (SSSR count). The van der Waals surface area contributed by atoms with Gasteiger partial charge in [0, 0.05) is 5.69 Å². The number of methoxy groups -OCH3 is 1. The monoisotopic (exact) mass is 285 g/mol. The second-order valence-electron chi connectivity index (χ2n) is 4.28. The molecule has 0 aliphatic rings. The average Bonchev–Trinajstić information content (AvgIpc) is 2.39. The number of esters is 1. The number of benzene rings is 1. The molecule has 106 valence electrons. The first kappa shape index (κ1) is 15.6. The molecule has 0 heterocycles. The first-order valence-corrected chi connectivity index (χ1v) is 6.78. The number of anilines is 1. The molecule has 0 spiro atoms. The Morgan fingerprint density at radius 3 is 2.68 bits per heavy atom. The minimum Gasteiger partial charge on any atom is -0.491 e. The topological polar surface area (TPSA) is 61.5 Å². The minimum atomic E-state index is -0.502. The second kappa shape index (κ2) is 7.89. The van der Waals surface area contributed by atoms with Gasteiger partial charge in [0.15, 0.2) is 5.75 Å². The van der Waals surface area contributed by atoms with Crippen LogP contribution >= 0.6 is 11.6 Å². The van der Waals surface area contributed by atoms with Crippen LogP contribution in [-0.2, 0) is 4.74 Å². The molecular weight excluding hydrogens is 266 g/mol. The van der Waals surface area contributed by atoms with Gasteiger partial charge in [-0.25, -0.2) is 4.79 Å². The van der Waals surface area contributed by atoms with Crippen molar-refractivity contribution in [1.29, 1.82) is 0 Å². The molecule has 0 saturated carbocycles. The summed E-state index contributed by atoms with van der Waals surface area (Å²) in [5.74, 6) is -0.156. The first-order chi connectivity index (χ1) is 9.10. The lowest BCUT2D eigenvalue weighted by atomic mass is 10.1. The van der Waals surface area contributed by atoms with E-state index in [9.17, 15) is 4.79 Å². The van der Waals surface area contributed by atoms with Crippen molar-refractivity contribution in [3.8, 4) is 5.75 Å². The van der Waals surface area contributed by atoms with Crippen LogP contribution in [0.5, 0.6) is 5.75 Å². The van der Waals surface area contributed by atoms with Crippen LogP contribution in [0, 0.1) is 0 Å². The molecule has 0 radical (unpaired) electrons. The molecular formula is C14H20ClNO3. The predicted molar refractivity (Wildman–Crippen MR) is 76.8 cm³/mol. The molecule has 5 heteroatoms. The SMILES string of the molecule is CCCCCCOc1c(Cl)cc(N)cc1C(=O)OC. The third-order valence-corrected chi connectivity index (χ3v) is 3.00. The van der Waals surface area contributed by atoms with Crippen molar-refractivity contribution in [1.82, 2.24) is 0 Å². The predicted octanol–water partition coefficient (Wildman–Crippen LogP) is 3.67. The molecule has 1 aromatic carbocycles. The van der Waals surface area contributed by atoms with Crippen molar-refractivity contribution in [3.63, 3.8) is 0 Å². The van der Waals surface area contributed by atoms with E-state index in [1.54, 1.807) is 6.07 Å². The molecule has 0 bridgehead atoms. The number of carbonyl (C=O) groups is 1. The molecule has 2 N–H and O–H groups in total. The maximum Gasteiger partial charge on any atom is 0.341 e. The van der Waals surface area contributed by atoms with E-state index in [2.05, 4.69) is 6.92 Å². The van der Waals surface area contributed by atoms with Crippen LogP contribution < -0.4 is 10.5 Å². The van der Waals surface area contributed by atoms with Crippen LogP contribution in [0.3, 0.4) is 0 Å². The number of halogens is 1. The fourth-order valence-corrected chi connectivity index (χ4v) is 2.01. The Hall–Kier alpha value is -1.42. The average molecular weight is 286 g/mol. The van der Waals surface area contributed by atoms with Gasteiger partial charge < -0.3 is 15.2 Å². The van der Waals surface area contributed by atoms with Crippen LogP contribution in [-0.4, -0.2) is 19.7 Å². The van der Waals surface area contributed by atoms with E-state index in [0.29, 0.717) is 23.1 Å². The van der Waals surface area contributed by atoms with Crippen molar-refractivity contribution >= 4 is 23.3 Å². The van der Waals surface area contributed by atoms with Crippen molar-refractivity contribution in [2.24, 2.45) is 0 Å². The molecule has 19 heavy (non-hydrogen) atoms. The summed E-state index contributed by atoms with van der Waals surface area (Å²) in [6, 6.07) is 3.08. The summed E-state index contributed by atoms with van der Waals surface area (Å²) < 4.78 is 10.3. The normalized spacial score (nSPS) is 10.3. The highest BCUT2D eigenvalue weighted by molar-refractivity contribution is 6.33. The Morgan fingerprint density at radius 1 is 1.32 bits per heavy atom. The number of hydrogen-bond acceptors (Lipinski definition) is 4. The lowest BCUT2D eigenvalue weighted by Crippen LogP contribution is -2.08. The summed E-state index contributed by atoms with van der Waals surface area (Å²) in [4.78, 5) is 11.7. The molecule has 0 unspecified atom stereocenters. The zero-order valence-electron chi connectivity index (χ0n) is 11.4. The summed E-state index contributed by atoms with van der Waals surface area (Å²) in [6.07, 6.45) is 4.35. The zero-order valence-corrected chi connectivity index (χ0v) is 12.1. The van der Waals surface area contributed by atoms with Gasteiger partial charge >= 0.3 is 5.97 Å². The van der Waals surface area contributed by atoms with E-state index < -0.39 is 5.97 Å². The van der Waals surface area contributed by atoms with Gasteiger partial charge in [0.1, 0.15) is 5.56 Å². The van der Waals surface area contributed by atoms with Crippen LogP contribution in [0.25, 0.3) is 0 Å². The quantitative estimate of drug-likeness (QED) is 0.472. The summed E-state index contributed by atoms with van der Waals surface area (Å²) in [5, 5.41) is 0.330. The molecule has 0 aliphatic heterocycles.